The third-order valence-electron chi connectivity index (χ3n) is 3.99. The number of thiophene rings is 1. The summed E-state index contributed by atoms with van der Waals surface area (Å²) in [5.41, 5.74) is 13.0. The molecule has 0 aromatic carbocycles. The van der Waals surface area contributed by atoms with E-state index in [1.54, 1.807) is 0 Å². The average molecular weight is 308 g/mol. The van der Waals surface area contributed by atoms with Crippen LogP contribution in [0.15, 0.2) is 29.2 Å². The highest BCUT2D eigenvalue weighted by Crippen LogP contribution is 2.25. The molecule has 0 fully saturated rings. The summed E-state index contributed by atoms with van der Waals surface area (Å²) in [6.07, 6.45) is 4.13. The molecule has 1 aromatic rings. The molecular weight excluding hydrogens is 284 g/mol. The first-order chi connectivity index (χ1) is 10.1. The zero-order chi connectivity index (χ0) is 15.4. The van der Waals surface area contributed by atoms with Gasteiger partial charge >= 0.3 is 0 Å². The first kappa shape index (κ1) is 16.4. The van der Waals surface area contributed by atoms with Crippen molar-refractivity contribution in [3.63, 3.8) is 0 Å². The average Bonchev–Trinajstić information content (AvgIpc) is 3.02. The maximum Gasteiger partial charge on any atom is 0.198 e. The van der Waals surface area contributed by atoms with Crippen LogP contribution in [0.4, 0.5) is 0 Å². The Balaban J connectivity index is 2.19. The minimum atomic E-state index is -0.280. The first-order valence-electron chi connectivity index (χ1n) is 7.52. The molecule has 0 bridgehead atoms. The Hall–Kier alpha value is -1.01. The number of hydrogen-bond donors (Lipinski definition) is 2. The normalized spacial score (nSPS) is 26.0. The number of hydrogen-bond acceptors (Lipinski definition) is 5. The number of carbonyl (C=O) groups excluding carboxylic acids is 1. The van der Waals surface area contributed by atoms with Crippen molar-refractivity contribution in [2.45, 2.75) is 57.4 Å². The van der Waals surface area contributed by atoms with E-state index in [1.807, 2.05) is 23.6 Å². The molecule has 3 atom stereocenters. The Labute approximate surface area is 130 Å². The third-order valence-corrected chi connectivity index (χ3v) is 4.86. The summed E-state index contributed by atoms with van der Waals surface area (Å²) < 4.78 is 6.04. The predicted molar refractivity (Wildman–Crippen MR) is 86.5 cm³/mol. The minimum absolute atomic E-state index is 0.0468. The highest BCUT2D eigenvalue weighted by Gasteiger charge is 2.32. The Morgan fingerprint density at radius 1 is 1.43 bits per heavy atom. The molecule has 0 unspecified atom stereocenters. The molecular formula is C16H24N2O2S. The van der Waals surface area contributed by atoms with Crippen molar-refractivity contribution in [3.05, 3.63) is 34.0 Å². The van der Waals surface area contributed by atoms with Crippen molar-refractivity contribution < 1.29 is 9.53 Å². The smallest absolute Gasteiger partial charge is 0.198 e. The van der Waals surface area contributed by atoms with E-state index in [-0.39, 0.29) is 30.1 Å². The second-order valence-corrected chi connectivity index (χ2v) is 6.43. The fourth-order valence-electron chi connectivity index (χ4n) is 2.58. The van der Waals surface area contributed by atoms with Gasteiger partial charge in [0.05, 0.1) is 17.1 Å². The molecule has 21 heavy (non-hydrogen) atoms. The van der Waals surface area contributed by atoms with Gasteiger partial charge in [-0.15, -0.1) is 11.3 Å². The minimum Gasteiger partial charge on any atom is -0.369 e. The molecule has 0 amide bonds. The van der Waals surface area contributed by atoms with Gasteiger partial charge < -0.3 is 16.2 Å². The van der Waals surface area contributed by atoms with E-state index < -0.39 is 0 Å². The second-order valence-electron chi connectivity index (χ2n) is 5.48. The molecule has 0 saturated carbocycles. The Morgan fingerprint density at radius 2 is 2.14 bits per heavy atom. The molecule has 1 aliphatic carbocycles. The summed E-state index contributed by atoms with van der Waals surface area (Å²) in [7, 11) is 0. The largest absolute Gasteiger partial charge is 0.369 e. The van der Waals surface area contributed by atoms with E-state index in [9.17, 15) is 4.79 Å². The topological polar surface area (TPSA) is 78.3 Å². The number of carbonyl (C=O) groups is 1. The highest BCUT2D eigenvalue weighted by molar-refractivity contribution is 7.12. The van der Waals surface area contributed by atoms with Crippen LogP contribution < -0.4 is 11.5 Å². The summed E-state index contributed by atoms with van der Waals surface area (Å²) in [6, 6.07) is 3.22. The van der Waals surface area contributed by atoms with E-state index in [0.717, 1.165) is 23.3 Å². The van der Waals surface area contributed by atoms with Crippen LogP contribution in [0.5, 0.6) is 0 Å². The lowest BCUT2D eigenvalue weighted by atomic mass is 9.87. The molecule has 0 aliphatic heterocycles. The number of nitrogens with two attached hydrogens (primary N) is 2. The molecule has 0 radical (unpaired) electrons. The number of Topliss-reactive ketones (excluding diaryl/α,β-unsaturated/α-hetero) is 1. The summed E-state index contributed by atoms with van der Waals surface area (Å²) >= 11 is 1.45. The number of rotatable bonds is 6. The SMILES string of the molecule is CCC(CC)O[C@@H]1C=C(C(=O)c2cccs2)C[C@H](N)[C@H]1N. The molecule has 116 valence electrons. The molecule has 4 nitrogen and oxygen atoms in total. The van der Waals surface area contributed by atoms with E-state index in [0.29, 0.717) is 6.42 Å². The quantitative estimate of drug-likeness (QED) is 0.791. The van der Waals surface area contributed by atoms with Gasteiger partial charge in [0.1, 0.15) is 0 Å². The van der Waals surface area contributed by atoms with Crippen molar-refractivity contribution in [1.82, 2.24) is 0 Å². The van der Waals surface area contributed by atoms with E-state index >= 15 is 0 Å². The van der Waals surface area contributed by atoms with Crippen LogP contribution in [-0.4, -0.2) is 30.1 Å². The van der Waals surface area contributed by atoms with E-state index in [2.05, 4.69) is 13.8 Å². The van der Waals surface area contributed by atoms with Crippen LogP contribution in [0.3, 0.4) is 0 Å². The summed E-state index contributed by atoms with van der Waals surface area (Å²) in [5.74, 6) is 0.0468. The van der Waals surface area contributed by atoms with Gasteiger partial charge in [-0.05, 0) is 36.8 Å². The van der Waals surface area contributed by atoms with Gasteiger partial charge in [0.2, 0.25) is 0 Å². The molecule has 4 N–H and O–H groups in total. The zero-order valence-electron chi connectivity index (χ0n) is 12.6. The van der Waals surface area contributed by atoms with Crippen LogP contribution in [0, 0.1) is 0 Å². The summed E-state index contributed by atoms with van der Waals surface area (Å²) in [4.78, 5) is 13.2. The fourth-order valence-corrected chi connectivity index (χ4v) is 3.28. The molecule has 5 heteroatoms. The second kappa shape index (κ2) is 7.31. The lowest BCUT2D eigenvalue weighted by Crippen LogP contribution is -2.53. The molecule has 0 spiro atoms. The Bertz CT molecular complexity index is 494. The maximum absolute atomic E-state index is 12.5. The summed E-state index contributed by atoms with van der Waals surface area (Å²) in [5, 5.41) is 1.90. The Kier molecular flexibility index (Phi) is 5.70. The van der Waals surface area contributed by atoms with E-state index in [1.165, 1.54) is 11.3 Å². The number of ether oxygens (including phenoxy) is 1. The molecule has 1 aromatic heterocycles. The van der Waals surface area contributed by atoms with Gasteiger partial charge in [-0.1, -0.05) is 19.9 Å². The van der Waals surface area contributed by atoms with Crippen LogP contribution in [-0.2, 0) is 4.74 Å². The van der Waals surface area contributed by atoms with Gasteiger partial charge in [0.25, 0.3) is 0 Å². The van der Waals surface area contributed by atoms with Gasteiger partial charge in [-0.2, -0.15) is 0 Å². The van der Waals surface area contributed by atoms with Crippen molar-refractivity contribution >= 4 is 17.1 Å². The Morgan fingerprint density at radius 3 is 2.71 bits per heavy atom. The van der Waals surface area contributed by atoms with Crippen molar-refractivity contribution in [3.8, 4) is 0 Å². The van der Waals surface area contributed by atoms with Crippen molar-refractivity contribution in [1.29, 1.82) is 0 Å². The maximum atomic E-state index is 12.5. The van der Waals surface area contributed by atoms with Gasteiger partial charge in [0.15, 0.2) is 5.78 Å². The van der Waals surface area contributed by atoms with Crippen LogP contribution >= 0.6 is 11.3 Å². The lowest BCUT2D eigenvalue weighted by molar-refractivity contribution is -0.00985. The number of ketones is 1. The van der Waals surface area contributed by atoms with Crippen LogP contribution in [0.2, 0.25) is 0 Å². The highest BCUT2D eigenvalue weighted by atomic mass is 32.1. The van der Waals surface area contributed by atoms with Crippen LogP contribution in [0.1, 0.15) is 42.8 Å². The molecule has 2 rings (SSSR count). The van der Waals surface area contributed by atoms with Gasteiger partial charge in [0, 0.05) is 17.7 Å². The molecule has 1 aliphatic rings. The molecule has 1 heterocycles. The standard InChI is InChI=1S/C16H24N2O2S/c1-3-11(4-2)20-13-9-10(8-12(17)15(13)18)16(19)14-6-5-7-21-14/h5-7,9,11-13,15H,3-4,8,17-18H2,1-2H3/t12-,13+,15+/m0/s1. The van der Waals surface area contributed by atoms with Crippen molar-refractivity contribution in [2.75, 3.05) is 0 Å². The zero-order valence-corrected chi connectivity index (χ0v) is 13.4. The van der Waals surface area contributed by atoms with E-state index in [4.69, 9.17) is 16.2 Å². The lowest BCUT2D eigenvalue weighted by Gasteiger charge is -2.34. The predicted octanol–water partition coefficient (Wildman–Crippen LogP) is 2.49. The monoisotopic (exact) mass is 308 g/mol. The van der Waals surface area contributed by atoms with Crippen LogP contribution in [0.25, 0.3) is 0 Å². The third kappa shape index (κ3) is 3.80. The summed E-state index contributed by atoms with van der Waals surface area (Å²) in [6.45, 7) is 4.17. The van der Waals surface area contributed by atoms with Gasteiger partial charge in [-0.3, -0.25) is 4.79 Å². The van der Waals surface area contributed by atoms with Gasteiger partial charge in [-0.25, -0.2) is 0 Å². The van der Waals surface area contributed by atoms with Crippen molar-refractivity contribution in [2.24, 2.45) is 11.5 Å². The fraction of sp³-hybridized carbons (Fsp3) is 0.562. The molecule has 0 saturated heterocycles. The first-order valence-corrected chi connectivity index (χ1v) is 8.40.